The highest BCUT2D eigenvalue weighted by Crippen LogP contribution is 2.28. The lowest BCUT2D eigenvalue weighted by Gasteiger charge is -2.34. The maximum absolute atomic E-state index is 12.9. The number of rotatable bonds is 7. The second kappa shape index (κ2) is 9.30. The number of hydrogen-bond acceptors (Lipinski definition) is 6. The molecule has 152 valence electrons. The Kier molecular flexibility index (Phi) is 6.80. The molecule has 28 heavy (non-hydrogen) atoms. The summed E-state index contributed by atoms with van der Waals surface area (Å²) >= 11 is 0. The van der Waals surface area contributed by atoms with E-state index < -0.39 is 12.0 Å². The fourth-order valence-corrected chi connectivity index (χ4v) is 3.73. The van der Waals surface area contributed by atoms with E-state index in [9.17, 15) is 14.4 Å². The average Bonchev–Trinajstić information content (AvgIpc) is 3.02. The predicted octanol–water partition coefficient (Wildman–Crippen LogP) is 2.39. The molecule has 1 aromatic carbocycles. The van der Waals surface area contributed by atoms with Crippen molar-refractivity contribution in [2.24, 2.45) is 0 Å². The highest BCUT2D eigenvalue weighted by molar-refractivity contribution is 6.22. The zero-order valence-corrected chi connectivity index (χ0v) is 16.6. The Bertz CT molecular complexity index is 710. The van der Waals surface area contributed by atoms with E-state index in [2.05, 4.69) is 4.90 Å². The minimum Gasteiger partial charge on any atom is -0.462 e. The second-order valence-corrected chi connectivity index (χ2v) is 7.29. The van der Waals surface area contributed by atoms with E-state index in [1.807, 2.05) is 6.92 Å². The molecule has 0 bridgehead atoms. The molecule has 0 spiro atoms. The van der Waals surface area contributed by atoms with Crippen molar-refractivity contribution in [2.45, 2.75) is 51.2 Å². The number of benzene rings is 1. The predicted molar refractivity (Wildman–Crippen MR) is 104 cm³/mol. The molecule has 2 heterocycles. The average molecular weight is 388 g/mol. The van der Waals surface area contributed by atoms with E-state index in [-0.39, 0.29) is 24.3 Å². The summed E-state index contributed by atoms with van der Waals surface area (Å²) in [6.45, 7) is 3.92. The number of hydrogen-bond donors (Lipinski definition) is 0. The third-order valence-electron chi connectivity index (χ3n) is 5.47. The largest absolute Gasteiger partial charge is 0.462 e. The third-order valence-corrected chi connectivity index (χ3v) is 5.47. The number of nitrogens with zero attached hydrogens (tertiary/aromatic N) is 2. The van der Waals surface area contributed by atoms with Crippen molar-refractivity contribution in [1.82, 2.24) is 4.90 Å². The molecule has 2 aliphatic rings. The summed E-state index contributed by atoms with van der Waals surface area (Å²) in [5, 5.41) is 0. The van der Waals surface area contributed by atoms with Gasteiger partial charge in [-0.15, -0.1) is 0 Å². The van der Waals surface area contributed by atoms with Crippen LogP contribution in [0.5, 0.6) is 0 Å². The number of imide groups is 1. The number of amides is 2. The van der Waals surface area contributed by atoms with Crippen LogP contribution in [0.2, 0.25) is 0 Å². The van der Waals surface area contributed by atoms with E-state index in [0.29, 0.717) is 17.9 Å². The van der Waals surface area contributed by atoms with E-state index in [1.54, 1.807) is 31.4 Å². The second-order valence-electron chi connectivity index (χ2n) is 7.29. The number of esters is 1. The monoisotopic (exact) mass is 388 g/mol. The van der Waals surface area contributed by atoms with Gasteiger partial charge in [0.05, 0.1) is 36.4 Å². The van der Waals surface area contributed by atoms with Gasteiger partial charge in [0.2, 0.25) is 5.91 Å². The van der Waals surface area contributed by atoms with E-state index in [0.717, 1.165) is 38.8 Å². The molecule has 7 nitrogen and oxygen atoms in total. The van der Waals surface area contributed by atoms with Crippen LogP contribution in [0.3, 0.4) is 0 Å². The van der Waals surface area contributed by atoms with Crippen molar-refractivity contribution < 1.29 is 23.9 Å². The van der Waals surface area contributed by atoms with Crippen molar-refractivity contribution in [3.8, 4) is 0 Å². The van der Waals surface area contributed by atoms with Gasteiger partial charge in [-0.3, -0.25) is 14.5 Å². The van der Waals surface area contributed by atoms with E-state index in [1.165, 1.54) is 4.90 Å². The van der Waals surface area contributed by atoms with Gasteiger partial charge in [-0.1, -0.05) is 13.3 Å². The maximum atomic E-state index is 12.9. The Morgan fingerprint density at radius 2 is 1.82 bits per heavy atom. The SMILES string of the molecule is CCCCOC(=O)c1ccc(N2C(=O)C[C@H](N3CCC(OC)CC3)C2=O)cc1. The van der Waals surface area contributed by atoms with Crippen molar-refractivity contribution >= 4 is 23.5 Å². The summed E-state index contributed by atoms with van der Waals surface area (Å²) < 4.78 is 10.6. The van der Waals surface area contributed by atoms with Gasteiger partial charge in [0, 0.05) is 20.2 Å². The van der Waals surface area contributed by atoms with Gasteiger partial charge >= 0.3 is 5.97 Å². The molecule has 7 heteroatoms. The molecule has 0 unspecified atom stereocenters. The van der Waals surface area contributed by atoms with Crippen LogP contribution in [-0.4, -0.2) is 61.6 Å². The number of piperidine rings is 1. The number of carbonyl (C=O) groups excluding carboxylic acids is 3. The quantitative estimate of drug-likeness (QED) is 0.406. The number of likely N-dealkylation sites (tertiary alicyclic amines) is 1. The summed E-state index contributed by atoms with van der Waals surface area (Å²) in [5.41, 5.74) is 0.909. The van der Waals surface area contributed by atoms with Gasteiger partial charge in [0.15, 0.2) is 0 Å². The molecular formula is C21H28N2O5. The summed E-state index contributed by atoms with van der Waals surface area (Å²) in [6.07, 6.45) is 3.92. The van der Waals surface area contributed by atoms with Crippen LogP contribution in [0.15, 0.2) is 24.3 Å². The molecule has 0 saturated carbocycles. The van der Waals surface area contributed by atoms with Crippen LogP contribution in [-0.2, 0) is 19.1 Å². The minimum atomic E-state index is -0.413. The third kappa shape index (κ3) is 4.42. The summed E-state index contributed by atoms with van der Waals surface area (Å²) in [7, 11) is 1.70. The topological polar surface area (TPSA) is 76.2 Å². The first kappa shape index (κ1) is 20.5. The van der Waals surface area contributed by atoms with Crippen LogP contribution in [0.25, 0.3) is 0 Å². The van der Waals surface area contributed by atoms with Gasteiger partial charge in [-0.05, 0) is 43.5 Å². The number of ether oxygens (including phenoxy) is 2. The maximum Gasteiger partial charge on any atom is 0.338 e. The highest BCUT2D eigenvalue weighted by Gasteiger charge is 2.43. The Balaban J connectivity index is 1.64. The minimum absolute atomic E-state index is 0.192. The summed E-state index contributed by atoms with van der Waals surface area (Å²) in [4.78, 5) is 40.7. The molecule has 2 amide bonds. The van der Waals surface area contributed by atoms with Gasteiger partial charge in [-0.25, -0.2) is 9.69 Å². The van der Waals surface area contributed by atoms with Crippen molar-refractivity contribution in [1.29, 1.82) is 0 Å². The van der Waals surface area contributed by atoms with Gasteiger partial charge in [0.25, 0.3) is 5.91 Å². The highest BCUT2D eigenvalue weighted by atomic mass is 16.5. The molecule has 0 N–H and O–H groups in total. The van der Waals surface area contributed by atoms with Crippen LogP contribution < -0.4 is 4.90 Å². The van der Waals surface area contributed by atoms with Crippen molar-refractivity contribution in [3.05, 3.63) is 29.8 Å². The molecule has 0 aliphatic carbocycles. The molecule has 0 aromatic heterocycles. The van der Waals surface area contributed by atoms with E-state index >= 15 is 0 Å². The Labute approximate surface area is 165 Å². The van der Waals surface area contributed by atoms with Crippen LogP contribution >= 0.6 is 0 Å². The van der Waals surface area contributed by atoms with Gasteiger partial charge in [0.1, 0.15) is 0 Å². The lowest BCUT2D eigenvalue weighted by molar-refractivity contribution is -0.123. The van der Waals surface area contributed by atoms with Gasteiger partial charge < -0.3 is 9.47 Å². The van der Waals surface area contributed by atoms with E-state index in [4.69, 9.17) is 9.47 Å². The Hall–Kier alpha value is -2.25. The smallest absolute Gasteiger partial charge is 0.338 e. The first-order valence-corrected chi connectivity index (χ1v) is 9.96. The molecule has 0 radical (unpaired) electrons. The zero-order valence-electron chi connectivity index (χ0n) is 16.6. The molecule has 2 aliphatic heterocycles. The normalized spacial score (nSPS) is 21.4. The molecule has 2 saturated heterocycles. The standard InChI is InChI=1S/C21H28N2O5/c1-3-4-13-28-21(26)15-5-7-16(8-6-15)23-19(24)14-18(20(23)25)22-11-9-17(27-2)10-12-22/h5-8,17-18H,3-4,9-14H2,1-2H3/t18-/m0/s1. The Morgan fingerprint density at radius 3 is 2.43 bits per heavy atom. The first-order valence-electron chi connectivity index (χ1n) is 9.96. The fourth-order valence-electron chi connectivity index (χ4n) is 3.73. The zero-order chi connectivity index (χ0) is 20.1. The summed E-state index contributed by atoms with van der Waals surface area (Å²) in [6, 6.07) is 6.05. The summed E-state index contributed by atoms with van der Waals surface area (Å²) in [5.74, 6) is -0.792. The lowest BCUT2D eigenvalue weighted by atomic mass is 10.0. The van der Waals surface area contributed by atoms with Crippen LogP contribution in [0, 0.1) is 0 Å². The molecule has 1 atom stereocenters. The number of carbonyl (C=O) groups is 3. The number of methoxy groups -OCH3 is 1. The number of anilines is 1. The first-order chi connectivity index (χ1) is 13.5. The molecule has 3 rings (SSSR count). The number of unbranched alkanes of at least 4 members (excludes halogenated alkanes) is 1. The Morgan fingerprint density at radius 1 is 1.14 bits per heavy atom. The lowest BCUT2D eigenvalue weighted by Crippen LogP contribution is -2.47. The van der Waals surface area contributed by atoms with Crippen molar-refractivity contribution in [2.75, 3.05) is 31.7 Å². The van der Waals surface area contributed by atoms with Crippen LogP contribution in [0.4, 0.5) is 5.69 Å². The molecular weight excluding hydrogens is 360 g/mol. The van der Waals surface area contributed by atoms with Crippen molar-refractivity contribution in [3.63, 3.8) is 0 Å². The van der Waals surface area contributed by atoms with Crippen LogP contribution in [0.1, 0.15) is 49.4 Å². The molecule has 1 aromatic rings. The fraction of sp³-hybridized carbons (Fsp3) is 0.571. The molecule has 2 fully saturated rings. The van der Waals surface area contributed by atoms with Gasteiger partial charge in [-0.2, -0.15) is 0 Å².